The van der Waals surface area contributed by atoms with Crippen LogP contribution in [0.4, 0.5) is 4.39 Å². The zero-order valence-electron chi connectivity index (χ0n) is 8.23. The van der Waals surface area contributed by atoms with Gasteiger partial charge in [-0.1, -0.05) is 26.8 Å². The Hall–Kier alpha value is -0.920. The lowest BCUT2D eigenvalue weighted by molar-refractivity contribution is -0.104. The molecule has 0 N–H and O–H groups in total. The van der Waals surface area contributed by atoms with Gasteiger partial charge in [0.05, 0.1) is 0 Å². The molecule has 1 nitrogen and oxygen atoms in total. The van der Waals surface area contributed by atoms with Gasteiger partial charge in [-0.3, -0.25) is 4.79 Å². The zero-order chi connectivity index (χ0) is 9.98. The summed E-state index contributed by atoms with van der Waals surface area (Å²) in [5.74, 6) is -0.431. The summed E-state index contributed by atoms with van der Waals surface area (Å²) in [6, 6.07) is 0. The first-order valence-electron chi connectivity index (χ1n) is 4.23. The van der Waals surface area contributed by atoms with E-state index in [1.165, 1.54) is 12.2 Å². The van der Waals surface area contributed by atoms with Crippen molar-refractivity contribution in [3.63, 3.8) is 0 Å². The second-order valence-corrected chi connectivity index (χ2v) is 1.82. The summed E-state index contributed by atoms with van der Waals surface area (Å²) in [5.41, 5.74) is 0.127. The minimum absolute atomic E-state index is 0.127. The minimum atomic E-state index is -0.431. The van der Waals surface area contributed by atoms with Crippen molar-refractivity contribution in [2.24, 2.45) is 0 Å². The summed E-state index contributed by atoms with van der Waals surface area (Å²) in [6.07, 6.45) is 3.96. The summed E-state index contributed by atoms with van der Waals surface area (Å²) < 4.78 is 12.6. The number of rotatable bonds is 3. The van der Waals surface area contributed by atoms with Crippen molar-refractivity contribution in [3.05, 3.63) is 23.6 Å². The molecule has 70 valence electrons. The maximum atomic E-state index is 12.6. The number of hydrogen-bond donors (Lipinski definition) is 0. The normalized spacial score (nSPS) is 11.8. The Morgan fingerprint density at radius 3 is 2.17 bits per heavy atom. The fraction of sp³-hybridized carbons (Fsp3) is 0.500. The van der Waals surface area contributed by atoms with Crippen molar-refractivity contribution in [1.29, 1.82) is 0 Å². The number of aldehydes is 1. The van der Waals surface area contributed by atoms with E-state index < -0.39 is 5.83 Å². The first-order chi connectivity index (χ1) is 5.76. The predicted molar refractivity (Wildman–Crippen MR) is 50.7 cm³/mol. The quantitative estimate of drug-likeness (QED) is 0.362. The topological polar surface area (TPSA) is 17.1 Å². The molecule has 0 aliphatic heterocycles. The van der Waals surface area contributed by atoms with Crippen LogP contribution < -0.4 is 0 Å². The van der Waals surface area contributed by atoms with Crippen LogP contribution in [0.25, 0.3) is 0 Å². The Morgan fingerprint density at radius 2 is 1.92 bits per heavy atom. The minimum Gasteiger partial charge on any atom is -0.298 e. The molecule has 0 heterocycles. The van der Waals surface area contributed by atoms with E-state index in [2.05, 4.69) is 0 Å². The number of hydrogen-bond acceptors (Lipinski definition) is 1. The molecule has 12 heavy (non-hydrogen) atoms. The molecule has 0 radical (unpaired) electrons. The van der Waals surface area contributed by atoms with Gasteiger partial charge in [-0.15, -0.1) is 0 Å². The molecule has 0 atom stereocenters. The Bertz CT molecular complexity index is 169. The zero-order valence-corrected chi connectivity index (χ0v) is 8.23. The van der Waals surface area contributed by atoms with Crippen molar-refractivity contribution >= 4 is 6.29 Å². The van der Waals surface area contributed by atoms with E-state index in [1.807, 2.05) is 20.8 Å². The molecule has 0 amide bonds. The molecule has 0 fully saturated rings. The van der Waals surface area contributed by atoms with Crippen LogP contribution in [0.1, 0.15) is 34.1 Å². The van der Waals surface area contributed by atoms with E-state index >= 15 is 0 Å². The highest BCUT2D eigenvalue weighted by Gasteiger charge is 1.98. The molecule has 0 aliphatic carbocycles. The molecule has 0 spiro atoms. The molecular formula is C10H17FO. The Balaban J connectivity index is 0. The van der Waals surface area contributed by atoms with Gasteiger partial charge < -0.3 is 0 Å². The highest BCUT2D eigenvalue weighted by Crippen LogP contribution is 2.08. The first kappa shape index (κ1) is 13.7. The van der Waals surface area contributed by atoms with E-state index in [9.17, 15) is 9.18 Å². The van der Waals surface area contributed by atoms with Crippen LogP contribution in [0.5, 0.6) is 0 Å². The molecule has 0 saturated heterocycles. The lowest BCUT2D eigenvalue weighted by atomic mass is 10.2. The Morgan fingerprint density at radius 1 is 1.42 bits per heavy atom. The van der Waals surface area contributed by atoms with Crippen LogP contribution >= 0.6 is 0 Å². The van der Waals surface area contributed by atoms with Crippen molar-refractivity contribution in [3.8, 4) is 0 Å². The third-order valence-electron chi connectivity index (χ3n) is 1.10. The van der Waals surface area contributed by atoms with Gasteiger partial charge in [0.1, 0.15) is 5.83 Å². The van der Waals surface area contributed by atoms with Gasteiger partial charge in [0.15, 0.2) is 6.29 Å². The van der Waals surface area contributed by atoms with Crippen molar-refractivity contribution in [2.45, 2.75) is 34.1 Å². The Kier molecular flexibility index (Phi) is 11.5. The molecule has 0 aliphatic rings. The highest BCUT2D eigenvalue weighted by molar-refractivity contribution is 5.78. The molecular weight excluding hydrogens is 155 g/mol. The molecule has 0 aromatic carbocycles. The summed E-state index contributed by atoms with van der Waals surface area (Å²) in [6.45, 7) is 7.45. The van der Waals surface area contributed by atoms with Gasteiger partial charge in [0.25, 0.3) is 0 Å². The van der Waals surface area contributed by atoms with Gasteiger partial charge in [0.2, 0.25) is 0 Å². The SMILES string of the molecule is C/C=C(C=O)\C(F)=C/CC.CC. The van der Waals surface area contributed by atoms with E-state index in [1.54, 1.807) is 6.92 Å². The van der Waals surface area contributed by atoms with Crippen LogP contribution in [0.15, 0.2) is 23.6 Å². The van der Waals surface area contributed by atoms with Crippen LogP contribution in [-0.4, -0.2) is 6.29 Å². The van der Waals surface area contributed by atoms with E-state index in [4.69, 9.17) is 0 Å². The molecule has 0 rings (SSSR count). The number of carbonyl (C=O) groups is 1. The van der Waals surface area contributed by atoms with Gasteiger partial charge in [-0.05, 0) is 19.4 Å². The maximum absolute atomic E-state index is 12.6. The summed E-state index contributed by atoms with van der Waals surface area (Å²) in [7, 11) is 0. The van der Waals surface area contributed by atoms with Crippen molar-refractivity contribution < 1.29 is 9.18 Å². The second-order valence-electron chi connectivity index (χ2n) is 1.82. The molecule has 0 saturated carbocycles. The van der Waals surface area contributed by atoms with Crippen molar-refractivity contribution in [1.82, 2.24) is 0 Å². The van der Waals surface area contributed by atoms with Gasteiger partial charge in [-0.25, -0.2) is 4.39 Å². The molecule has 0 bridgehead atoms. The predicted octanol–water partition coefficient (Wildman–Crippen LogP) is 3.42. The highest BCUT2D eigenvalue weighted by atomic mass is 19.1. The third-order valence-corrected chi connectivity index (χ3v) is 1.10. The first-order valence-corrected chi connectivity index (χ1v) is 4.23. The second kappa shape index (κ2) is 10.1. The third kappa shape index (κ3) is 5.83. The fourth-order valence-corrected chi connectivity index (χ4v) is 0.559. The van der Waals surface area contributed by atoms with Gasteiger partial charge in [-0.2, -0.15) is 0 Å². The molecule has 0 unspecified atom stereocenters. The largest absolute Gasteiger partial charge is 0.298 e. The van der Waals surface area contributed by atoms with Crippen LogP contribution in [0.2, 0.25) is 0 Å². The van der Waals surface area contributed by atoms with Gasteiger partial charge in [0, 0.05) is 5.57 Å². The summed E-state index contributed by atoms with van der Waals surface area (Å²) in [4.78, 5) is 10.1. The van der Waals surface area contributed by atoms with E-state index in [-0.39, 0.29) is 5.57 Å². The molecule has 2 heteroatoms. The lowest BCUT2D eigenvalue weighted by Gasteiger charge is -1.91. The monoisotopic (exact) mass is 172 g/mol. The fourth-order valence-electron chi connectivity index (χ4n) is 0.559. The van der Waals surface area contributed by atoms with E-state index in [0.717, 1.165) is 0 Å². The number of halogens is 1. The van der Waals surface area contributed by atoms with Crippen molar-refractivity contribution in [2.75, 3.05) is 0 Å². The standard InChI is InChI=1S/C8H11FO.C2H6/c1-3-5-8(9)7(4-2)6-10;1-2/h4-6H,3H2,1-2H3;1-2H3/b7-4-,8-5+;. The average molecular weight is 172 g/mol. The lowest BCUT2D eigenvalue weighted by Crippen LogP contribution is -1.83. The molecule has 0 aromatic heterocycles. The van der Waals surface area contributed by atoms with E-state index in [0.29, 0.717) is 12.7 Å². The summed E-state index contributed by atoms with van der Waals surface area (Å²) in [5, 5.41) is 0. The number of carbonyl (C=O) groups excluding carboxylic acids is 1. The number of allylic oxidation sites excluding steroid dienone is 4. The maximum Gasteiger partial charge on any atom is 0.152 e. The Labute approximate surface area is 74.0 Å². The van der Waals surface area contributed by atoms with Crippen LogP contribution in [0, 0.1) is 0 Å². The van der Waals surface area contributed by atoms with Crippen LogP contribution in [-0.2, 0) is 4.79 Å². The van der Waals surface area contributed by atoms with Gasteiger partial charge >= 0.3 is 0 Å². The smallest absolute Gasteiger partial charge is 0.152 e. The molecule has 0 aromatic rings. The van der Waals surface area contributed by atoms with Crippen LogP contribution in [0.3, 0.4) is 0 Å². The average Bonchev–Trinajstić information content (AvgIpc) is 2.11. The summed E-state index contributed by atoms with van der Waals surface area (Å²) >= 11 is 0.